The summed E-state index contributed by atoms with van der Waals surface area (Å²) in [6, 6.07) is 17.6. The van der Waals surface area contributed by atoms with Gasteiger partial charge in [-0.3, -0.25) is 4.79 Å². The van der Waals surface area contributed by atoms with Crippen molar-refractivity contribution >= 4 is 17.4 Å². The van der Waals surface area contributed by atoms with Gasteiger partial charge in [-0.2, -0.15) is 0 Å². The van der Waals surface area contributed by atoms with Gasteiger partial charge in [-0.15, -0.1) is 0 Å². The number of aryl methyl sites for hydroxylation is 2. The Labute approximate surface area is 165 Å². The van der Waals surface area contributed by atoms with Gasteiger partial charge < -0.3 is 15.4 Å². The zero-order valence-corrected chi connectivity index (χ0v) is 16.5. The number of carbonyl (C=O) groups excluding carboxylic acids is 1. The van der Waals surface area contributed by atoms with Gasteiger partial charge >= 0.3 is 0 Å². The zero-order chi connectivity index (χ0) is 19.9. The first kappa shape index (κ1) is 19.4. The Kier molecular flexibility index (Phi) is 6.27. The fraction of sp³-hybridized carbons (Fsp3) is 0.217. The molecule has 0 aliphatic heterocycles. The molecule has 1 amide bonds. The summed E-state index contributed by atoms with van der Waals surface area (Å²) in [5, 5.41) is 6.19. The summed E-state index contributed by atoms with van der Waals surface area (Å²) in [5.41, 5.74) is 5.10. The van der Waals surface area contributed by atoms with Crippen molar-refractivity contribution in [2.24, 2.45) is 0 Å². The van der Waals surface area contributed by atoms with Crippen molar-refractivity contribution in [3.63, 3.8) is 0 Å². The van der Waals surface area contributed by atoms with Crippen LogP contribution in [0, 0.1) is 13.8 Å². The fourth-order valence-corrected chi connectivity index (χ4v) is 2.82. The minimum Gasteiger partial charge on any atom is -0.497 e. The lowest BCUT2D eigenvalue weighted by atomic mass is 10.1. The van der Waals surface area contributed by atoms with Gasteiger partial charge in [0.1, 0.15) is 11.6 Å². The number of carbonyl (C=O) groups is 1. The lowest BCUT2D eigenvalue weighted by Crippen LogP contribution is -2.25. The molecule has 0 atom stereocenters. The van der Waals surface area contributed by atoms with Gasteiger partial charge in [0.05, 0.1) is 12.7 Å². The number of benzene rings is 2. The van der Waals surface area contributed by atoms with E-state index in [1.165, 1.54) is 11.1 Å². The molecule has 1 heterocycles. The summed E-state index contributed by atoms with van der Waals surface area (Å²) >= 11 is 0. The van der Waals surface area contributed by atoms with E-state index < -0.39 is 0 Å². The summed E-state index contributed by atoms with van der Waals surface area (Å²) in [4.78, 5) is 16.7. The molecule has 0 saturated heterocycles. The molecule has 0 aliphatic rings. The minimum absolute atomic E-state index is 0.131. The number of anilines is 2. The van der Waals surface area contributed by atoms with E-state index in [9.17, 15) is 4.79 Å². The predicted molar refractivity (Wildman–Crippen MR) is 112 cm³/mol. The Balaban J connectivity index is 1.53. The number of rotatable bonds is 7. The number of aromatic nitrogens is 1. The third kappa shape index (κ3) is 5.10. The van der Waals surface area contributed by atoms with Crippen molar-refractivity contribution in [3.8, 4) is 5.75 Å². The van der Waals surface area contributed by atoms with Crippen molar-refractivity contribution in [2.45, 2.75) is 20.3 Å². The maximum atomic E-state index is 12.3. The van der Waals surface area contributed by atoms with Crippen LogP contribution in [0.4, 0.5) is 11.5 Å². The number of nitrogens with zero attached hydrogens (tertiary/aromatic N) is 1. The Hall–Kier alpha value is -3.34. The summed E-state index contributed by atoms with van der Waals surface area (Å²) in [7, 11) is 1.65. The Morgan fingerprint density at radius 1 is 1.04 bits per heavy atom. The molecule has 0 spiro atoms. The third-order valence-electron chi connectivity index (χ3n) is 4.64. The van der Waals surface area contributed by atoms with Crippen LogP contribution in [0.25, 0.3) is 0 Å². The van der Waals surface area contributed by atoms with Gasteiger partial charge in [-0.1, -0.05) is 18.2 Å². The molecule has 2 N–H and O–H groups in total. The molecule has 28 heavy (non-hydrogen) atoms. The molecule has 5 heteroatoms. The van der Waals surface area contributed by atoms with E-state index in [0.717, 1.165) is 23.4 Å². The number of hydrogen-bond donors (Lipinski definition) is 2. The average molecular weight is 375 g/mol. The van der Waals surface area contributed by atoms with Gasteiger partial charge in [0.15, 0.2) is 0 Å². The van der Waals surface area contributed by atoms with E-state index in [2.05, 4.69) is 41.6 Å². The van der Waals surface area contributed by atoms with Gasteiger partial charge in [0, 0.05) is 18.4 Å². The van der Waals surface area contributed by atoms with Crippen molar-refractivity contribution in [1.29, 1.82) is 0 Å². The maximum Gasteiger partial charge on any atom is 0.252 e. The highest BCUT2D eigenvalue weighted by Crippen LogP contribution is 2.18. The normalized spacial score (nSPS) is 10.4. The number of hydrogen-bond acceptors (Lipinski definition) is 4. The minimum atomic E-state index is -0.131. The lowest BCUT2D eigenvalue weighted by molar-refractivity contribution is 0.0954. The van der Waals surface area contributed by atoms with E-state index in [0.29, 0.717) is 17.9 Å². The molecular weight excluding hydrogens is 350 g/mol. The van der Waals surface area contributed by atoms with Crippen LogP contribution in [0.5, 0.6) is 5.75 Å². The van der Waals surface area contributed by atoms with Crippen LogP contribution in [-0.2, 0) is 6.42 Å². The molecule has 3 rings (SSSR count). The van der Waals surface area contributed by atoms with Gasteiger partial charge in [-0.25, -0.2) is 4.98 Å². The van der Waals surface area contributed by atoms with Crippen LogP contribution in [0.1, 0.15) is 27.0 Å². The molecule has 144 valence electrons. The second-order valence-electron chi connectivity index (χ2n) is 6.71. The van der Waals surface area contributed by atoms with Crippen molar-refractivity contribution in [2.75, 3.05) is 19.0 Å². The average Bonchev–Trinajstić information content (AvgIpc) is 2.71. The molecule has 5 nitrogen and oxygen atoms in total. The van der Waals surface area contributed by atoms with Crippen molar-refractivity contribution in [1.82, 2.24) is 10.3 Å². The van der Waals surface area contributed by atoms with Crippen LogP contribution in [0.3, 0.4) is 0 Å². The molecule has 2 aromatic carbocycles. The van der Waals surface area contributed by atoms with Gasteiger partial charge in [0.25, 0.3) is 5.91 Å². The number of amides is 1. The van der Waals surface area contributed by atoms with Crippen molar-refractivity contribution < 1.29 is 9.53 Å². The van der Waals surface area contributed by atoms with E-state index in [4.69, 9.17) is 4.74 Å². The monoisotopic (exact) mass is 375 g/mol. The Morgan fingerprint density at radius 3 is 2.61 bits per heavy atom. The van der Waals surface area contributed by atoms with E-state index in [1.54, 1.807) is 19.4 Å². The van der Waals surface area contributed by atoms with Gasteiger partial charge in [-0.05, 0) is 73.4 Å². The fourth-order valence-electron chi connectivity index (χ4n) is 2.82. The quantitative estimate of drug-likeness (QED) is 0.641. The number of methoxy groups -OCH3 is 1. The van der Waals surface area contributed by atoms with Crippen LogP contribution >= 0.6 is 0 Å². The highest BCUT2D eigenvalue weighted by atomic mass is 16.5. The van der Waals surface area contributed by atoms with E-state index >= 15 is 0 Å². The van der Waals surface area contributed by atoms with Crippen LogP contribution in [0.2, 0.25) is 0 Å². The standard InChI is InChI=1S/C23H25N3O2/c1-16-7-9-20(13-17(16)2)26-22-10-8-19(15-25-22)23(27)24-12-11-18-5-4-6-21(14-18)28-3/h4-10,13-15H,11-12H2,1-3H3,(H,24,27)(H,25,26). The molecule has 0 bridgehead atoms. The van der Waals surface area contributed by atoms with E-state index in [1.807, 2.05) is 36.4 Å². The zero-order valence-electron chi connectivity index (χ0n) is 16.5. The highest BCUT2D eigenvalue weighted by molar-refractivity contribution is 5.94. The topological polar surface area (TPSA) is 63.2 Å². The first-order valence-electron chi connectivity index (χ1n) is 9.26. The smallest absolute Gasteiger partial charge is 0.252 e. The third-order valence-corrected chi connectivity index (χ3v) is 4.64. The number of ether oxygens (including phenoxy) is 1. The molecule has 0 fully saturated rings. The Morgan fingerprint density at radius 2 is 1.89 bits per heavy atom. The molecule has 0 unspecified atom stereocenters. The molecule has 0 saturated carbocycles. The largest absolute Gasteiger partial charge is 0.497 e. The summed E-state index contributed by atoms with van der Waals surface area (Å²) in [5.74, 6) is 1.39. The Bertz CT molecular complexity index is 952. The molecular formula is C23H25N3O2. The van der Waals surface area contributed by atoms with Crippen LogP contribution < -0.4 is 15.4 Å². The molecule has 0 radical (unpaired) electrons. The second-order valence-corrected chi connectivity index (χ2v) is 6.71. The predicted octanol–water partition coefficient (Wildman–Crippen LogP) is 4.42. The lowest BCUT2D eigenvalue weighted by Gasteiger charge is -2.09. The first-order chi connectivity index (χ1) is 13.5. The second kappa shape index (κ2) is 9.04. The van der Waals surface area contributed by atoms with Crippen LogP contribution in [0.15, 0.2) is 60.8 Å². The highest BCUT2D eigenvalue weighted by Gasteiger charge is 2.06. The molecule has 0 aliphatic carbocycles. The summed E-state index contributed by atoms with van der Waals surface area (Å²) in [6.45, 7) is 4.71. The van der Waals surface area contributed by atoms with E-state index in [-0.39, 0.29) is 5.91 Å². The molecule has 1 aromatic heterocycles. The van der Waals surface area contributed by atoms with Gasteiger partial charge in [0.2, 0.25) is 0 Å². The summed E-state index contributed by atoms with van der Waals surface area (Å²) in [6.07, 6.45) is 2.33. The first-order valence-corrected chi connectivity index (χ1v) is 9.26. The van der Waals surface area contributed by atoms with Crippen molar-refractivity contribution in [3.05, 3.63) is 83.0 Å². The number of nitrogens with one attached hydrogen (secondary N) is 2. The maximum absolute atomic E-state index is 12.3. The SMILES string of the molecule is COc1cccc(CCNC(=O)c2ccc(Nc3ccc(C)c(C)c3)nc2)c1. The number of pyridine rings is 1. The summed E-state index contributed by atoms with van der Waals surface area (Å²) < 4.78 is 5.22. The van der Waals surface area contributed by atoms with Crippen LogP contribution in [-0.4, -0.2) is 24.5 Å². The molecule has 3 aromatic rings.